The molecule has 0 amide bonds. The molecule has 37 heteroatoms. The molecule has 3 aromatic heterocycles. The Hall–Kier alpha value is -4.02. The van der Waals surface area contributed by atoms with Crippen LogP contribution in [0.15, 0.2) is 59.7 Å². The Morgan fingerprint density at radius 1 is 0.460 bits per heavy atom. The molecule has 0 saturated carbocycles. The predicted molar refractivity (Wildman–Crippen MR) is 207 cm³/mol. The summed E-state index contributed by atoms with van der Waals surface area (Å²) in [5.74, 6) is 0. The van der Waals surface area contributed by atoms with Crippen molar-refractivity contribution < 1.29 is 123 Å². The van der Waals surface area contributed by atoms with Crippen LogP contribution in [0.25, 0.3) is 46.4 Å². The van der Waals surface area contributed by atoms with Gasteiger partial charge in [0.15, 0.2) is 10.00 Å². The number of rotatable bonds is 9. The largest absolute Gasteiger partial charge is 0.355 e. The van der Waals surface area contributed by atoms with E-state index in [2.05, 4.69) is 19.9 Å². The van der Waals surface area contributed by atoms with Gasteiger partial charge in [-0.05, 0) is 54.6 Å². The van der Waals surface area contributed by atoms with Gasteiger partial charge in [-0.1, -0.05) is 0 Å². The maximum atomic E-state index is 13.9. The third-order valence-corrected chi connectivity index (χ3v) is 18.0. The summed E-state index contributed by atoms with van der Waals surface area (Å²) in [6, 6.07) is 2.81. The number of nitrogens with zero attached hydrogens (tertiary/aromatic N) is 2. The second-order valence-corrected chi connectivity index (χ2v) is 23.9. The number of H-pyrrole nitrogens is 2. The Bertz CT molecular complexity index is 3850. The summed E-state index contributed by atoms with van der Waals surface area (Å²) in [7, 11) is -54.4. The number of aromatic amines is 2. The molecule has 28 nitrogen and oxygen atoms in total. The van der Waals surface area contributed by atoms with Gasteiger partial charge in [0.1, 0.15) is 29.4 Å². The third kappa shape index (κ3) is 8.89. The molecule has 0 radical (unpaired) electrons. The first kappa shape index (κ1) is 50.0. The van der Waals surface area contributed by atoms with Crippen LogP contribution < -0.4 is 0 Å². The SMILES string of the molecule is O=S(=O)(O)C1=C(S(=O)(=O)O)C(S(=O)(=O)O)C(c2cc3cc4[nH]c(cc5nc(cc6nc(cc2[nH]3)C=C6)C=C5)c(S(=O)(=O)O)c4S(=O)(=O)O)(S(=O)(=O)O)C(S(=O)(=O)O)=C1S(=O)(=O)O.[Zn]. The predicted octanol–water partition coefficient (Wildman–Crippen LogP) is -0.526. The Balaban J connectivity index is 0.00000748. The molecule has 0 fully saturated rings. The summed E-state index contributed by atoms with van der Waals surface area (Å²) < 4.78 is 286. The van der Waals surface area contributed by atoms with E-state index in [0.717, 1.165) is 12.1 Å². The number of nitrogens with one attached hydrogen (secondary N) is 2. The molecule has 3 aromatic rings. The second kappa shape index (κ2) is 15.3. The quantitative estimate of drug-likeness (QED) is 0.0655. The molecule has 0 aromatic carbocycles. The van der Waals surface area contributed by atoms with Crippen molar-refractivity contribution in [3.63, 3.8) is 0 Å². The fraction of sp³-hybridized carbons (Fsp3) is 0.0769. The maximum absolute atomic E-state index is 13.9. The molecule has 8 bridgehead atoms. The Kier molecular flexibility index (Phi) is 12.1. The van der Waals surface area contributed by atoms with Crippen LogP contribution in [0, 0.1) is 0 Å². The van der Waals surface area contributed by atoms with Gasteiger partial charge in [0.05, 0.1) is 33.8 Å². The summed E-state index contributed by atoms with van der Waals surface area (Å²) in [6.07, 6.45) is 4.71. The van der Waals surface area contributed by atoms with Gasteiger partial charge in [0, 0.05) is 36.1 Å². The van der Waals surface area contributed by atoms with Crippen LogP contribution in [-0.4, -0.2) is 129 Å². The topological polar surface area (TPSA) is 492 Å². The molecule has 6 rings (SSSR count). The number of aromatic nitrogens is 4. The number of hydrogen-bond donors (Lipinski definition) is 10. The minimum atomic E-state index is -7.36. The van der Waals surface area contributed by atoms with Crippen LogP contribution in [0.3, 0.4) is 0 Å². The summed E-state index contributed by atoms with van der Waals surface area (Å²) in [5, 5.41) is -4.70. The first-order valence-corrected chi connectivity index (χ1v) is 26.8. The monoisotopic (exact) mass is 1090 g/mol. The van der Waals surface area contributed by atoms with Crippen molar-refractivity contribution in [3.8, 4) is 0 Å². The first-order chi connectivity index (χ1) is 27.8. The number of hydrogen-bond acceptors (Lipinski definition) is 18. The fourth-order valence-corrected chi connectivity index (χ4v) is 18.7. The van der Waals surface area contributed by atoms with Crippen molar-refractivity contribution in [3.05, 3.63) is 78.3 Å². The summed E-state index contributed by atoms with van der Waals surface area (Å²) >= 11 is 0. The zero-order valence-corrected chi connectivity index (χ0v) is 39.2. The van der Waals surface area contributed by atoms with Gasteiger partial charge in [-0.25, -0.2) is 9.97 Å². The van der Waals surface area contributed by atoms with Gasteiger partial charge < -0.3 is 9.97 Å². The molecule has 2 unspecified atom stereocenters. The van der Waals surface area contributed by atoms with E-state index in [1.807, 2.05) is 0 Å². The van der Waals surface area contributed by atoms with Gasteiger partial charge in [-0.15, -0.1) is 0 Å². The van der Waals surface area contributed by atoms with E-state index in [1.54, 1.807) is 0 Å². The third-order valence-electron chi connectivity index (χ3n) is 8.63. The van der Waals surface area contributed by atoms with Crippen molar-refractivity contribution in [2.45, 2.75) is 19.8 Å². The zero-order chi connectivity index (χ0) is 46.9. The van der Waals surface area contributed by atoms with E-state index in [4.69, 9.17) is 0 Å². The van der Waals surface area contributed by atoms with Crippen LogP contribution in [-0.2, 0) is 105 Å². The molecule has 2 aliphatic heterocycles. The second-order valence-electron chi connectivity index (χ2n) is 12.6. The smallest absolute Gasteiger partial charge is 0.298 e. The minimum absolute atomic E-state index is 0. The molecule has 3 aliphatic rings. The molecule has 63 heavy (non-hydrogen) atoms. The Morgan fingerprint density at radius 2 is 0.873 bits per heavy atom. The molecule has 0 saturated heterocycles. The van der Waals surface area contributed by atoms with E-state index in [-0.39, 0.29) is 42.6 Å². The molecule has 1 aliphatic carbocycles. The maximum Gasteiger partial charge on any atom is 0.298 e. The standard InChI is InChI=1S/C26H20N4O24S8.Zn/c31-55(32,33)19-17-8-13-4-2-11(28-13)5-10-1-3-12(27-10)7-16-15(6-14(29-16)9-18(30-17)20(19)56(34,35)36)26(62(52,53)54)24(60(46,47)48)22(58(40,41)42)21(57(37,38)39)23(59(43,44)45)25(26)61(49,50)51;/h1-9,24,29-30H,(H,31,32,33)(H,34,35,36)(H,37,38,39)(H,40,41,42)(H,43,44,45)(H,46,47,48)(H,49,50,51)(H,52,53,54);. The molecular weight excluding hydrogens is 1070 g/mol. The van der Waals surface area contributed by atoms with E-state index in [0.29, 0.717) is 12.1 Å². The summed E-state index contributed by atoms with van der Waals surface area (Å²) in [6.45, 7) is 0. The molecule has 5 heterocycles. The number of fused-ring (bicyclic) bond motifs is 8. The zero-order valence-electron chi connectivity index (χ0n) is 29.8. The molecule has 2 atom stereocenters. The molecule has 10 N–H and O–H groups in total. The normalized spacial score (nSPS) is 19.3. The van der Waals surface area contributed by atoms with Gasteiger partial charge in [-0.2, -0.15) is 67.3 Å². The van der Waals surface area contributed by atoms with E-state index >= 15 is 0 Å². The van der Waals surface area contributed by atoms with Crippen molar-refractivity contribution >= 4 is 127 Å². The van der Waals surface area contributed by atoms with Crippen LogP contribution in [0.1, 0.15) is 28.3 Å². The Morgan fingerprint density at radius 3 is 1.24 bits per heavy atom. The van der Waals surface area contributed by atoms with Crippen molar-refractivity contribution in [2.75, 3.05) is 0 Å². The minimum Gasteiger partial charge on any atom is -0.355 e. The average molecular weight is 1090 g/mol. The average Bonchev–Trinajstić information content (AvgIpc) is 3.83. The van der Waals surface area contributed by atoms with Crippen LogP contribution in [0.5, 0.6) is 0 Å². The first-order valence-electron chi connectivity index (χ1n) is 15.2. The van der Waals surface area contributed by atoms with E-state index < -0.39 is 154 Å². The van der Waals surface area contributed by atoms with Gasteiger partial charge in [-0.3, -0.25) is 36.4 Å². The Labute approximate surface area is 366 Å². The van der Waals surface area contributed by atoms with Crippen LogP contribution in [0.4, 0.5) is 0 Å². The van der Waals surface area contributed by atoms with Gasteiger partial charge in [0.2, 0.25) is 0 Å². The van der Waals surface area contributed by atoms with E-state index in [1.165, 1.54) is 24.3 Å². The molecular formula is C26H20N4O24S8Zn. The van der Waals surface area contributed by atoms with E-state index in [9.17, 15) is 104 Å². The van der Waals surface area contributed by atoms with Gasteiger partial charge in [0.25, 0.3) is 80.9 Å². The molecule has 0 spiro atoms. The van der Waals surface area contributed by atoms with Crippen molar-refractivity contribution in [1.82, 2.24) is 19.9 Å². The van der Waals surface area contributed by atoms with Crippen LogP contribution in [0.2, 0.25) is 0 Å². The summed E-state index contributed by atoms with van der Waals surface area (Å²) in [4.78, 5) is -3.78. The van der Waals surface area contributed by atoms with Crippen molar-refractivity contribution in [1.29, 1.82) is 0 Å². The van der Waals surface area contributed by atoms with Crippen molar-refractivity contribution in [2.24, 2.45) is 0 Å². The fourth-order valence-electron chi connectivity index (χ4n) is 6.77. The van der Waals surface area contributed by atoms with Crippen LogP contribution >= 0.6 is 0 Å². The summed E-state index contributed by atoms with van der Waals surface area (Å²) in [5.41, 5.74) is -7.16. The molecule has 338 valence electrons. The van der Waals surface area contributed by atoms with Gasteiger partial charge >= 0.3 is 0 Å².